The van der Waals surface area contributed by atoms with E-state index >= 15 is 0 Å². The van der Waals surface area contributed by atoms with E-state index < -0.39 is 21.5 Å². The summed E-state index contributed by atoms with van der Waals surface area (Å²) in [5.74, 6) is -1.21. The van der Waals surface area contributed by atoms with Crippen molar-refractivity contribution in [1.29, 1.82) is 0 Å². The number of hydrogen-bond donors (Lipinski definition) is 1. The van der Waals surface area contributed by atoms with Crippen LogP contribution < -0.4 is 5.32 Å². The van der Waals surface area contributed by atoms with Crippen molar-refractivity contribution in [1.82, 2.24) is 0 Å². The molecule has 2 rings (SSSR count). The largest absolute Gasteiger partial charge is 0.381 e. The molecule has 0 spiro atoms. The van der Waals surface area contributed by atoms with E-state index in [1.165, 1.54) is 0 Å². The second-order valence-electron chi connectivity index (χ2n) is 3.90. The van der Waals surface area contributed by atoms with Crippen molar-refractivity contribution in [2.24, 2.45) is 0 Å². The summed E-state index contributed by atoms with van der Waals surface area (Å²) < 4.78 is 48.1. The molecule has 88 valence electrons. The van der Waals surface area contributed by atoms with Crippen LogP contribution in [0.25, 0.3) is 0 Å². The highest BCUT2D eigenvalue weighted by atomic mass is 32.2. The fraction of sp³-hybridized carbons (Fsp3) is 0.400. The van der Waals surface area contributed by atoms with E-state index in [2.05, 4.69) is 5.32 Å². The lowest BCUT2D eigenvalue weighted by Crippen LogP contribution is -2.20. The second-order valence-corrected chi connectivity index (χ2v) is 6.13. The molecular weight excluding hydrogens is 236 g/mol. The van der Waals surface area contributed by atoms with E-state index in [-0.39, 0.29) is 23.2 Å². The molecule has 0 radical (unpaired) electrons. The molecule has 16 heavy (non-hydrogen) atoms. The predicted molar refractivity (Wildman–Crippen MR) is 57.0 cm³/mol. The van der Waals surface area contributed by atoms with Crippen molar-refractivity contribution < 1.29 is 17.2 Å². The molecule has 1 atom stereocenters. The molecule has 0 aromatic heterocycles. The summed E-state index contributed by atoms with van der Waals surface area (Å²) in [5, 5.41) is 2.82. The molecule has 6 heteroatoms. The summed E-state index contributed by atoms with van der Waals surface area (Å²) in [7, 11) is -2.99. The molecule has 0 bridgehead atoms. The van der Waals surface area contributed by atoms with Gasteiger partial charge < -0.3 is 5.32 Å². The zero-order valence-electron chi connectivity index (χ0n) is 8.41. The SMILES string of the molecule is O=S1(=O)CCC(Nc2cc(F)cc(F)c2)C1. The van der Waals surface area contributed by atoms with Crippen LogP contribution >= 0.6 is 0 Å². The Balaban J connectivity index is 2.10. The van der Waals surface area contributed by atoms with Crippen LogP contribution in [0.4, 0.5) is 14.5 Å². The van der Waals surface area contributed by atoms with E-state index in [4.69, 9.17) is 0 Å². The molecule has 1 aliphatic rings. The van der Waals surface area contributed by atoms with Gasteiger partial charge in [0.1, 0.15) is 11.6 Å². The third-order valence-corrected chi connectivity index (χ3v) is 4.23. The average Bonchev–Trinajstić information content (AvgIpc) is 2.43. The second kappa shape index (κ2) is 4.01. The average molecular weight is 247 g/mol. The van der Waals surface area contributed by atoms with Gasteiger partial charge in [0.05, 0.1) is 11.5 Å². The van der Waals surface area contributed by atoms with Crippen molar-refractivity contribution in [2.45, 2.75) is 12.5 Å². The van der Waals surface area contributed by atoms with Crippen LogP contribution in [-0.2, 0) is 9.84 Å². The number of sulfone groups is 1. The molecule has 1 saturated heterocycles. The predicted octanol–water partition coefficient (Wildman–Crippen LogP) is 1.56. The van der Waals surface area contributed by atoms with Gasteiger partial charge in [0.25, 0.3) is 0 Å². The Morgan fingerprint density at radius 2 is 1.81 bits per heavy atom. The molecule has 1 aromatic carbocycles. The van der Waals surface area contributed by atoms with Crippen molar-refractivity contribution in [2.75, 3.05) is 16.8 Å². The highest BCUT2D eigenvalue weighted by molar-refractivity contribution is 7.91. The van der Waals surface area contributed by atoms with Gasteiger partial charge in [0, 0.05) is 17.8 Å². The summed E-state index contributed by atoms with van der Waals surface area (Å²) in [6.45, 7) is 0. The third-order valence-electron chi connectivity index (χ3n) is 2.47. The first kappa shape index (κ1) is 11.3. The Labute approximate surface area is 92.4 Å². The van der Waals surface area contributed by atoms with Crippen LogP contribution in [0.3, 0.4) is 0 Å². The van der Waals surface area contributed by atoms with E-state index in [9.17, 15) is 17.2 Å². The van der Waals surface area contributed by atoms with Crippen LogP contribution in [0, 0.1) is 11.6 Å². The molecule has 1 aromatic rings. The van der Waals surface area contributed by atoms with Crippen LogP contribution in [0.1, 0.15) is 6.42 Å². The number of hydrogen-bond acceptors (Lipinski definition) is 3. The molecule has 0 aliphatic carbocycles. The maximum absolute atomic E-state index is 12.9. The highest BCUT2D eigenvalue weighted by Crippen LogP contribution is 2.19. The molecule has 3 nitrogen and oxygen atoms in total. The number of halogens is 2. The standard InChI is InChI=1S/C10H11F2NO2S/c11-7-3-8(12)5-10(4-7)13-9-1-2-16(14,15)6-9/h3-5,9,13H,1-2,6H2. The van der Waals surface area contributed by atoms with Crippen LogP contribution in [0.15, 0.2) is 18.2 Å². The first-order chi connectivity index (χ1) is 7.44. The fourth-order valence-electron chi connectivity index (χ4n) is 1.78. The molecule has 1 aliphatic heterocycles. The summed E-state index contributed by atoms with van der Waals surface area (Å²) >= 11 is 0. The lowest BCUT2D eigenvalue weighted by Gasteiger charge is -2.12. The van der Waals surface area contributed by atoms with Crippen LogP contribution in [0.2, 0.25) is 0 Å². The first-order valence-corrected chi connectivity index (χ1v) is 6.70. The van der Waals surface area contributed by atoms with Gasteiger partial charge in [-0.25, -0.2) is 17.2 Å². The monoisotopic (exact) mass is 247 g/mol. The molecular formula is C10H11F2NO2S. The van der Waals surface area contributed by atoms with Gasteiger partial charge in [-0.2, -0.15) is 0 Å². The molecule has 1 heterocycles. The topological polar surface area (TPSA) is 46.2 Å². The minimum absolute atomic E-state index is 0.0190. The number of rotatable bonds is 2. The van der Waals surface area contributed by atoms with Crippen LogP contribution in [0.5, 0.6) is 0 Å². The zero-order chi connectivity index (χ0) is 11.8. The van der Waals surface area contributed by atoms with E-state index in [0.29, 0.717) is 6.42 Å². The third kappa shape index (κ3) is 2.69. The first-order valence-electron chi connectivity index (χ1n) is 4.88. The number of anilines is 1. The quantitative estimate of drug-likeness (QED) is 0.862. The number of nitrogens with one attached hydrogen (secondary N) is 1. The van der Waals surface area contributed by atoms with Gasteiger partial charge in [0.2, 0.25) is 0 Å². The van der Waals surface area contributed by atoms with Crippen molar-refractivity contribution in [3.8, 4) is 0 Å². The highest BCUT2D eigenvalue weighted by Gasteiger charge is 2.27. The zero-order valence-corrected chi connectivity index (χ0v) is 9.23. The molecule has 1 fully saturated rings. The Morgan fingerprint density at radius 3 is 2.31 bits per heavy atom. The van der Waals surface area contributed by atoms with E-state index in [0.717, 1.165) is 18.2 Å². The van der Waals surface area contributed by atoms with E-state index in [1.54, 1.807) is 0 Å². The summed E-state index contributed by atoms with van der Waals surface area (Å²) in [6, 6.07) is 2.81. The summed E-state index contributed by atoms with van der Waals surface area (Å²) in [5.41, 5.74) is 0.277. The minimum Gasteiger partial charge on any atom is -0.381 e. The Morgan fingerprint density at radius 1 is 1.19 bits per heavy atom. The normalized spacial score (nSPS) is 23.2. The molecule has 1 unspecified atom stereocenters. The summed E-state index contributed by atoms with van der Waals surface area (Å²) in [4.78, 5) is 0. The van der Waals surface area contributed by atoms with Gasteiger partial charge in [-0.1, -0.05) is 0 Å². The van der Waals surface area contributed by atoms with Crippen molar-refractivity contribution in [3.05, 3.63) is 29.8 Å². The molecule has 0 saturated carbocycles. The Bertz CT molecular complexity index is 481. The summed E-state index contributed by atoms with van der Waals surface area (Å²) in [6.07, 6.45) is 0.473. The Kier molecular flexibility index (Phi) is 2.84. The lowest BCUT2D eigenvalue weighted by molar-refractivity contribution is 0.583. The van der Waals surface area contributed by atoms with Gasteiger partial charge in [-0.15, -0.1) is 0 Å². The van der Waals surface area contributed by atoms with Gasteiger partial charge in [0.15, 0.2) is 9.84 Å². The van der Waals surface area contributed by atoms with Crippen LogP contribution in [-0.4, -0.2) is 26.0 Å². The minimum atomic E-state index is -2.99. The maximum Gasteiger partial charge on any atom is 0.152 e. The van der Waals surface area contributed by atoms with Crippen molar-refractivity contribution >= 4 is 15.5 Å². The molecule has 0 amide bonds. The van der Waals surface area contributed by atoms with Gasteiger partial charge in [-0.05, 0) is 18.6 Å². The van der Waals surface area contributed by atoms with E-state index in [1.807, 2.05) is 0 Å². The fourth-order valence-corrected chi connectivity index (χ4v) is 3.46. The van der Waals surface area contributed by atoms with Crippen molar-refractivity contribution in [3.63, 3.8) is 0 Å². The lowest BCUT2D eigenvalue weighted by atomic mass is 10.2. The van der Waals surface area contributed by atoms with Gasteiger partial charge >= 0.3 is 0 Å². The molecule has 1 N–H and O–H groups in total. The Hall–Kier alpha value is -1.17. The van der Waals surface area contributed by atoms with Gasteiger partial charge in [-0.3, -0.25) is 0 Å². The number of benzene rings is 1. The smallest absolute Gasteiger partial charge is 0.152 e. The maximum atomic E-state index is 12.9.